The molecule has 2 aromatic heterocycles. The SMILES string of the molecule is Cc1cc(C)nc(NC(=O)c2cncc(Br)c2)c1. The molecule has 2 aromatic rings. The molecule has 0 radical (unpaired) electrons. The standard InChI is InChI=1S/C13H12BrN3O/c1-8-3-9(2)16-12(4-8)17-13(18)10-5-11(14)7-15-6-10/h3-7H,1-2H3,(H,16,17,18). The largest absolute Gasteiger partial charge is 0.306 e. The summed E-state index contributed by atoms with van der Waals surface area (Å²) in [5.74, 6) is 0.332. The highest BCUT2D eigenvalue weighted by atomic mass is 79.9. The van der Waals surface area contributed by atoms with Crippen LogP contribution < -0.4 is 5.32 Å². The van der Waals surface area contributed by atoms with E-state index >= 15 is 0 Å². The van der Waals surface area contributed by atoms with Crippen LogP contribution in [0.1, 0.15) is 21.6 Å². The van der Waals surface area contributed by atoms with Gasteiger partial charge in [-0.1, -0.05) is 0 Å². The van der Waals surface area contributed by atoms with E-state index in [1.165, 1.54) is 6.20 Å². The fourth-order valence-electron chi connectivity index (χ4n) is 1.63. The molecule has 0 unspecified atom stereocenters. The second-order valence-corrected chi connectivity index (χ2v) is 4.93. The Kier molecular flexibility index (Phi) is 3.72. The van der Waals surface area contributed by atoms with E-state index in [4.69, 9.17) is 0 Å². The Bertz CT molecular complexity index is 578. The van der Waals surface area contributed by atoms with Gasteiger partial charge >= 0.3 is 0 Å². The van der Waals surface area contributed by atoms with E-state index in [9.17, 15) is 4.79 Å². The van der Waals surface area contributed by atoms with E-state index in [0.29, 0.717) is 11.4 Å². The van der Waals surface area contributed by atoms with Crippen molar-refractivity contribution in [3.63, 3.8) is 0 Å². The minimum Gasteiger partial charge on any atom is -0.306 e. The molecule has 0 aromatic carbocycles. The molecular formula is C13H12BrN3O. The Hall–Kier alpha value is -1.75. The van der Waals surface area contributed by atoms with Crippen molar-refractivity contribution in [3.05, 3.63) is 51.9 Å². The average Bonchev–Trinajstić information content (AvgIpc) is 2.27. The molecule has 2 rings (SSSR count). The number of amides is 1. The van der Waals surface area contributed by atoms with Crippen molar-refractivity contribution in [1.82, 2.24) is 9.97 Å². The van der Waals surface area contributed by atoms with Crippen LogP contribution >= 0.6 is 15.9 Å². The summed E-state index contributed by atoms with van der Waals surface area (Å²) in [5.41, 5.74) is 2.42. The number of aryl methyl sites for hydroxylation is 2. The molecule has 18 heavy (non-hydrogen) atoms. The minimum atomic E-state index is -0.221. The Labute approximate surface area is 114 Å². The van der Waals surface area contributed by atoms with Gasteiger partial charge in [-0.25, -0.2) is 4.98 Å². The molecule has 0 bridgehead atoms. The van der Waals surface area contributed by atoms with Crippen molar-refractivity contribution >= 4 is 27.7 Å². The fourth-order valence-corrected chi connectivity index (χ4v) is 1.99. The molecule has 0 aliphatic rings. The van der Waals surface area contributed by atoms with Crippen LogP contribution in [0, 0.1) is 13.8 Å². The molecule has 0 fully saturated rings. The predicted molar refractivity (Wildman–Crippen MR) is 73.6 cm³/mol. The number of halogens is 1. The third-order valence-corrected chi connectivity index (χ3v) is 2.74. The Morgan fingerprint density at radius 1 is 1.22 bits per heavy atom. The summed E-state index contributed by atoms with van der Waals surface area (Å²) in [7, 11) is 0. The van der Waals surface area contributed by atoms with Crippen LogP contribution in [0.5, 0.6) is 0 Å². The van der Waals surface area contributed by atoms with Gasteiger partial charge in [-0.3, -0.25) is 9.78 Å². The molecule has 4 nitrogen and oxygen atoms in total. The summed E-state index contributed by atoms with van der Waals surface area (Å²) in [4.78, 5) is 20.2. The Morgan fingerprint density at radius 2 is 2.00 bits per heavy atom. The van der Waals surface area contributed by atoms with Gasteiger partial charge in [0.15, 0.2) is 0 Å². The monoisotopic (exact) mass is 305 g/mol. The number of carbonyl (C=O) groups is 1. The van der Waals surface area contributed by atoms with Crippen molar-refractivity contribution in [2.24, 2.45) is 0 Å². The van der Waals surface area contributed by atoms with Crippen LogP contribution in [0.15, 0.2) is 35.1 Å². The number of rotatable bonds is 2. The van der Waals surface area contributed by atoms with Gasteiger partial charge in [0, 0.05) is 22.6 Å². The molecule has 0 saturated carbocycles. The van der Waals surface area contributed by atoms with Crippen LogP contribution in [0.25, 0.3) is 0 Å². The molecule has 0 aliphatic carbocycles. The molecule has 2 heterocycles. The smallest absolute Gasteiger partial charge is 0.258 e. The van der Waals surface area contributed by atoms with Crippen molar-refractivity contribution in [3.8, 4) is 0 Å². The second kappa shape index (κ2) is 5.27. The topological polar surface area (TPSA) is 54.9 Å². The molecule has 1 N–H and O–H groups in total. The lowest BCUT2D eigenvalue weighted by Gasteiger charge is -2.06. The van der Waals surface area contributed by atoms with E-state index in [1.54, 1.807) is 12.3 Å². The number of nitrogens with one attached hydrogen (secondary N) is 1. The summed E-state index contributed by atoms with van der Waals surface area (Å²) in [6.45, 7) is 3.86. The maximum Gasteiger partial charge on any atom is 0.258 e. The molecule has 5 heteroatoms. The highest BCUT2D eigenvalue weighted by Gasteiger charge is 2.08. The lowest BCUT2D eigenvalue weighted by Crippen LogP contribution is -2.13. The van der Waals surface area contributed by atoms with Crippen molar-refractivity contribution in [2.75, 3.05) is 5.32 Å². The van der Waals surface area contributed by atoms with Gasteiger partial charge < -0.3 is 5.32 Å². The lowest BCUT2D eigenvalue weighted by atomic mass is 10.2. The van der Waals surface area contributed by atoms with Crippen LogP contribution in [0.4, 0.5) is 5.82 Å². The number of hydrogen-bond donors (Lipinski definition) is 1. The van der Waals surface area contributed by atoms with Gasteiger partial charge in [-0.2, -0.15) is 0 Å². The van der Waals surface area contributed by atoms with Gasteiger partial charge in [0.2, 0.25) is 0 Å². The number of hydrogen-bond acceptors (Lipinski definition) is 3. The fraction of sp³-hybridized carbons (Fsp3) is 0.154. The number of nitrogens with zero attached hydrogens (tertiary/aromatic N) is 2. The number of aromatic nitrogens is 2. The zero-order valence-electron chi connectivity index (χ0n) is 10.1. The zero-order chi connectivity index (χ0) is 13.1. The second-order valence-electron chi connectivity index (χ2n) is 4.02. The number of carbonyl (C=O) groups excluding carboxylic acids is 1. The first-order valence-corrected chi connectivity index (χ1v) is 6.21. The first-order valence-electron chi connectivity index (χ1n) is 5.42. The quantitative estimate of drug-likeness (QED) is 0.927. The first kappa shape index (κ1) is 12.7. The van der Waals surface area contributed by atoms with Crippen molar-refractivity contribution in [2.45, 2.75) is 13.8 Å². The van der Waals surface area contributed by atoms with Crippen LogP contribution in [0.2, 0.25) is 0 Å². The molecule has 1 amide bonds. The maximum atomic E-state index is 12.0. The third-order valence-electron chi connectivity index (χ3n) is 2.31. The van der Waals surface area contributed by atoms with Crippen molar-refractivity contribution < 1.29 is 4.79 Å². The lowest BCUT2D eigenvalue weighted by molar-refractivity contribution is 0.102. The van der Waals surface area contributed by atoms with Crippen molar-refractivity contribution in [1.29, 1.82) is 0 Å². The molecular weight excluding hydrogens is 294 g/mol. The van der Waals surface area contributed by atoms with Crippen LogP contribution in [-0.2, 0) is 0 Å². The van der Waals surface area contributed by atoms with Gasteiger partial charge in [-0.15, -0.1) is 0 Å². The Morgan fingerprint density at radius 3 is 2.67 bits per heavy atom. The molecule has 0 saturated heterocycles. The summed E-state index contributed by atoms with van der Waals surface area (Å²) in [5, 5.41) is 2.76. The minimum absolute atomic E-state index is 0.221. The molecule has 0 spiro atoms. The highest BCUT2D eigenvalue weighted by Crippen LogP contribution is 2.13. The van der Waals surface area contributed by atoms with E-state index in [-0.39, 0.29) is 5.91 Å². The Balaban J connectivity index is 2.21. The van der Waals surface area contributed by atoms with Crippen LogP contribution in [-0.4, -0.2) is 15.9 Å². The molecule has 0 aliphatic heterocycles. The summed E-state index contributed by atoms with van der Waals surface area (Å²) in [6.07, 6.45) is 3.15. The van der Waals surface area contributed by atoms with E-state index in [2.05, 4.69) is 31.2 Å². The van der Waals surface area contributed by atoms with E-state index < -0.39 is 0 Å². The maximum absolute atomic E-state index is 12.0. The van der Waals surface area contributed by atoms with E-state index in [1.807, 2.05) is 26.0 Å². The third kappa shape index (κ3) is 3.13. The average molecular weight is 306 g/mol. The number of pyridine rings is 2. The number of anilines is 1. The van der Waals surface area contributed by atoms with Gasteiger partial charge in [0.1, 0.15) is 5.82 Å². The normalized spacial score (nSPS) is 10.2. The first-order chi connectivity index (χ1) is 8.54. The van der Waals surface area contributed by atoms with Gasteiger partial charge in [-0.05, 0) is 53.5 Å². The highest BCUT2D eigenvalue weighted by molar-refractivity contribution is 9.10. The van der Waals surface area contributed by atoms with Crippen LogP contribution in [0.3, 0.4) is 0 Å². The predicted octanol–water partition coefficient (Wildman–Crippen LogP) is 3.11. The molecule has 92 valence electrons. The van der Waals surface area contributed by atoms with Gasteiger partial charge in [0.05, 0.1) is 5.56 Å². The summed E-state index contributed by atoms with van der Waals surface area (Å²) < 4.78 is 0.767. The molecule has 0 atom stereocenters. The summed E-state index contributed by atoms with van der Waals surface area (Å²) in [6, 6.07) is 5.50. The van der Waals surface area contributed by atoms with Gasteiger partial charge in [0.25, 0.3) is 5.91 Å². The summed E-state index contributed by atoms with van der Waals surface area (Å²) >= 11 is 3.28. The van der Waals surface area contributed by atoms with E-state index in [0.717, 1.165) is 15.7 Å². The zero-order valence-corrected chi connectivity index (χ0v) is 11.7.